The number of aromatic nitrogens is 1. The van der Waals surface area contributed by atoms with Gasteiger partial charge >= 0.3 is 0 Å². The van der Waals surface area contributed by atoms with E-state index in [0.717, 1.165) is 29.7 Å². The fourth-order valence-electron chi connectivity index (χ4n) is 2.39. The van der Waals surface area contributed by atoms with Crippen molar-refractivity contribution in [2.45, 2.75) is 26.9 Å². The number of nitrogens with zero attached hydrogens (tertiary/aromatic N) is 1. The summed E-state index contributed by atoms with van der Waals surface area (Å²) in [4.78, 5) is 0.470. The molecule has 3 N–H and O–H groups in total. The normalized spacial score (nSPS) is 11.8. The lowest BCUT2D eigenvalue weighted by Gasteiger charge is -2.11. The first-order valence-corrected chi connectivity index (χ1v) is 8.38. The van der Waals surface area contributed by atoms with Crippen molar-refractivity contribution >= 4 is 28.7 Å². The van der Waals surface area contributed by atoms with Crippen LogP contribution in [0.5, 0.6) is 0 Å². The van der Waals surface area contributed by atoms with Crippen molar-refractivity contribution in [2.75, 3.05) is 6.54 Å². The van der Waals surface area contributed by atoms with E-state index in [1.807, 2.05) is 49.5 Å². The maximum atomic E-state index is 10.9. The molecule has 0 spiro atoms. The molecule has 0 aliphatic rings. The Kier molecular flexibility index (Phi) is 6.46. The summed E-state index contributed by atoms with van der Waals surface area (Å²) < 4.78 is 1.75. The lowest BCUT2D eigenvalue weighted by atomic mass is 10.1. The third-order valence-electron chi connectivity index (χ3n) is 3.68. The van der Waals surface area contributed by atoms with Crippen LogP contribution in [0.3, 0.4) is 0 Å². The maximum Gasteiger partial charge on any atom is 0.288 e. The predicted molar refractivity (Wildman–Crippen MR) is 100 cm³/mol. The molecule has 1 aromatic heterocycles. The van der Waals surface area contributed by atoms with Crippen LogP contribution in [0.25, 0.3) is 11.5 Å². The van der Waals surface area contributed by atoms with Crippen LogP contribution in [-0.4, -0.2) is 21.7 Å². The minimum Gasteiger partial charge on any atom is -0.502 e. The van der Waals surface area contributed by atoms with Gasteiger partial charge in [0, 0.05) is 23.7 Å². The van der Waals surface area contributed by atoms with Gasteiger partial charge in [-0.1, -0.05) is 43.4 Å². The first kappa shape index (κ1) is 18.1. The molecule has 5 heteroatoms. The molecule has 0 aliphatic heterocycles. The molecule has 0 amide bonds. The molecule has 0 saturated carbocycles. The Balaban J connectivity index is 2.59. The second-order valence-electron chi connectivity index (χ2n) is 5.55. The summed E-state index contributed by atoms with van der Waals surface area (Å²) >= 11 is 5.51. The lowest BCUT2D eigenvalue weighted by molar-refractivity contribution is -0.576. The highest BCUT2D eigenvalue weighted by molar-refractivity contribution is 7.81. The molecule has 0 radical (unpaired) electrons. The first-order chi connectivity index (χ1) is 11.6. The zero-order valence-electron chi connectivity index (χ0n) is 14.0. The van der Waals surface area contributed by atoms with E-state index >= 15 is 0 Å². The van der Waals surface area contributed by atoms with Gasteiger partial charge in [-0.15, -0.1) is 0 Å². The number of benzene rings is 1. The fraction of sp³-hybridized carbons (Fsp3) is 0.263. The van der Waals surface area contributed by atoms with Crippen LogP contribution in [0.1, 0.15) is 30.0 Å². The summed E-state index contributed by atoms with van der Waals surface area (Å²) in [6.45, 7) is 4.65. The molecule has 0 atom stereocenters. The minimum absolute atomic E-state index is 0.0750. The van der Waals surface area contributed by atoms with Crippen LogP contribution in [0.2, 0.25) is 0 Å². The molecule has 0 saturated heterocycles. The zero-order valence-corrected chi connectivity index (χ0v) is 14.8. The van der Waals surface area contributed by atoms with E-state index in [2.05, 4.69) is 12.2 Å². The number of pyridine rings is 1. The number of hydrogen-bond donors (Lipinski definition) is 3. The number of hydrogen-bond acceptors (Lipinski definition) is 3. The number of aliphatic hydroxyl groups is 2. The van der Waals surface area contributed by atoms with Crippen LogP contribution >= 0.6 is 12.2 Å². The van der Waals surface area contributed by atoms with Crippen LogP contribution in [0.15, 0.2) is 48.8 Å². The average Bonchev–Trinajstić information content (AvgIpc) is 2.60. The molecule has 0 aliphatic carbocycles. The van der Waals surface area contributed by atoms with Crippen LogP contribution < -0.4 is 9.88 Å². The molecular weight excluding hydrogens is 320 g/mol. The van der Waals surface area contributed by atoms with Gasteiger partial charge in [0.2, 0.25) is 0 Å². The predicted octanol–water partition coefficient (Wildman–Crippen LogP) is 2.99. The van der Waals surface area contributed by atoms with E-state index in [1.165, 1.54) is 0 Å². The minimum atomic E-state index is -0.0750. The van der Waals surface area contributed by atoms with E-state index in [9.17, 15) is 10.2 Å². The van der Waals surface area contributed by atoms with Crippen molar-refractivity contribution in [2.24, 2.45) is 0 Å². The van der Waals surface area contributed by atoms with Gasteiger partial charge in [-0.3, -0.25) is 0 Å². The molecule has 4 nitrogen and oxygen atoms in total. The fourth-order valence-corrected chi connectivity index (χ4v) is 2.70. The highest BCUT2D eigenvalue weighted by Crippen LogP contribution is 2.20. The van der Waals surface area contributed by atoms with Crippen molar-refractivity contribution < 1.29 is 14.8 Å². The van der Waals surface area contributed by atoms with Gasteiger partial charge in [0.05, 0.1) is 6.61 Å². The van der Waals surface area contributed by atoms with E-state index in [0.29, 0.717) is 10.7 Å². The molecule has 2 aromatic rings. The Morgan fingerprint density at radius 1 is 1.21 bits per heavy atom. The number of nitrogens with one attached hydrogen (secondary N) is 1. The molecular formula is C19H23N2O2S+. The van der Waals surface area contributed by atoms with Crippen molar-refractivity contribution in [3.8, 4) is 0 Å². The summed E-state index contributed by atoms with van der Waals surface area (Å²) in [6, 6.07) is 11.3. The number of aryl methyl sites for hydroxylation is 1. The maximum absolute atomic E-state index is 10.9. The Morgan fingerprint density at radius 3 is 2.62 bits per heavy atom. The third-order valence-corrected chi connectivity index (χ3v) is 4.02. The standard InChI is InChI=1S/C19H22N2O2S/c1-3-10-20-19(24)17(21-11-6-8-15(12-21)13-22)18(23)16-9-5-4-7-14(16)2/h4-9,11-12,22H,3,10,13H2,1-2H3,(H-,20,23,24)/p+1. The Morgan fingerprint density at radius 2 is 1.96 bits per heavy atom. The van der Waals surface area contributed by atoms with E-state index < -0.39 is 0 Å². The van der Waals surface area contributed by atoms with Gasteiger partial charge in [0.25, 0.3) is 5.70 Å². The quantitative estimate of drug-likeness (QED) is 0.327. The lowest BCUT2D eigenvalue weighted by Crippen LogP contribution is -2.41. The molecule has 126 valence electrons. The van der Waals surface area contributed by atoms with Crippen LogP contribution in [0.4, 0.5) is 0 Å². The van der Waals surface area contributed by atoms with E-state index in [4.69, 9.17) is 12.2 Å². The van der Waals surface area contributed by atoms with Crippen molar-refractivity contribution in [1.29, 1.82) is 0 Å². The smallest absolute Gasteiger partial charge is 0.288 e. The number of rotatable bonds is 6. The van der Waals surface area contributed by atoms with Crippen LogP contribution in [-0.2, 0) is 6.61 Å². The van der Waals surface area contributed by atoms with Gasteiger partial charge in [0.1, 0.15) is 0 Å². The third kappa shape index (κ3) is 4.19. The summed E-state index contributed by atoms with van der Waals surface area (Å²) in [5.74, 6) is 0.113. The van der Waals surface area contributed by atoms with Gasteiger partial charge in [-0.25, -0.2) is 0 Å². The van der Waals surface area contributed by atoms with E-state index in [-0.39, 0.29) is 12.4 Å². The molecule has 2 rings (SSSR count). The molecule has 24 heavy (non-hydrogen) atoms. The molecule has 0 fully saturated rings. The molecule has 1 heterocycles. The summed E-state index contributed by atoms with van der Waals surface area (Å²) in [5.41, 5.74) is 2.94. The molecule has 1 aromatic carbocycles. The Labute approximate surface area is 148 Å². The topological polar surface area (TPSA) is 56.4 Å². The SMILES string of the molecule is CCCNC(=S)/C(=C(/O)c1ccccc1C)[n+]1cccc(CO)c1. The van der Waals surface area contributed by atoms with Crippen molar-refractivity contribution in [3.63, 3.8) is 0 Å². The molecule has 0 bridgehead atoms. The summed E-state index contributed by atoms with van der Waals surface area (Å²) in [6.07, 6.45) is 4.51. The zero-order chi connectivity index (χ0) is 17.5. The average molecular weight is 343 g/mol. The largest absolute Gasteiger partial charge is 0.502 e. The molecule has 0 unspecified atom stereocenters. The highest BCUT2D eigenvalue weighted by Gasteiger charge is 2.24. The van der Waals surface area contributed by atoms with E-state index in [1.54, 1.807) is 10.8 Å². The first-order valence-electron chi connectivity index (χ1n) is 7.97. The summed E-state index contributed by atoms with van der Waals surface area (Å²) in [5, 5.41) is 23.5. The number of aliphatic hydroxyl groups excluding tert-OH is 2. The monoisotopic (exact) mass is 343 g/mol. The van der Waals surface area contributed by atoms with Crippen molar-refractivity contribution in [3.05, 3.63) is 65.5 Å². The number of thiocarbonyl (C=S) groups is 1. The van der Waals surface area contributed by atoms with Crippen molar-refractivity contribution in [1.82, 2.24) is 5.32 Å². The second-order valence-corrected chi connectivity index (χ2v) is 5.95. The van der Waals surface area contributed by atoms with Gasteiger partial charge in [-0.05, 0) is 25.0 Å². The van der Waals surface area contributed by atoms with Gasteiger partial charge in [-0.2, -0.15) is 4.57 Å². The highest BCUT2D eigenvalue weighted by atomic mass is 32.1. The van der Waals surface area contributed by atoms with Crippen LogP contribution in [0, 0.1) is 6.92 Å². The van der Waals surface area contributed by atoms with Gasteiger partial charge < -0.3 is 15.5 Å². The second kappa shape index (κ2) is 8.57. The van der Waals surface area contributed by atoms with Gasteiger partial charge in [0.15, 0.2) is 23.1 Å². The summed E-state index contributed by atoms with van der Waals surface area (Å²) in [7, 11) is 0. The Bertz CT molecular complexity index is 757. The Hall–Kier alpha value is -2.24.